The summed E-state index contributed by atoms with van der Waals surface area (Å²) in [5, 5.41) is 16.4. The number of anilines is 3. The third-order valence-electron chi connectivity index (χ3n) is 8.45. The van der Waals surface area contributed by atoms with Gasteiger partial charge in [0.1, 0.15) is 29.0 Å². The number of hydrogen-bond donors (Lipinski definition) is 3. The number of esters is 1. The van der Waals surface area contributed by atoms with E-state index in [4.69, 9.17) is 19.4 Å². The number of piperidine rings is 1. The minimum Gasteiger partial charge on any atom is -0.497 e. The van der Waals surface area contributed by atoms with E-state index in [1.807, 2.05) is 38.1 Å². The fourth-order valence-corrected chi connectivity index (χ4v) is 5.85. The molecule has 0 bridgehead atoms. The highest BCUT2D eigenvalue weighted by Crippen LogP contribution is 2.33. The molecule has 0 unspecified atom stereocenters. The number of nitrogens with one attached hydrogen (secondary N) is 2. The molecule has 0 spiro atoms. The quantitative estimate of drug-likeness (QED) is 0.252. The minimum atomic E-state index is -1.07. The van der Waals surface area contributed by atoms with E-state index in [0.717, 1.165) is 79.5 Å². The second kappa shape index (κ2) is 14.4. The van der Waals surface area contributed by atoms with Crippen LogP contribution in [0.5, 0.6) is 5.75 Å². The molecule has 1 saturated heterocycles. The van der Waals surface area contributed by atoms with Gasteiger partial charge in [-0.3, -0.25) is 9.59 Å². The Kier molecular flexibility index (Phi) is 10.1. The Morgan fingerprint density at radius 2 is 1.86 bits per heavy atom. The highest BCUT2D eigenvalue weighted by molar-refractivity contribution is 5.79. The predicted molar refractivity (Wildman–Crippen MR) is 169 cm³/mol. The first-order chi connectivity index (χ1) is 21.3. The number of carboxylic acid groups (broad SMARTS) is 1. The zero-order valence-corrected chi connectivity index (χ0v) is 25.8. The van der Waals surface area contributed by atoms with Crippen LogP contribution >= 0.6 is 0 Å². The largest absolute Gasteiger partial charge is 0.497 e. The normalized spacial score (nSPS) is 15.6. The molecule has 11 nitrogen and oxygen atoms in total. The molecule has 0 radical (unpaired) electrons. The molecule has 1 atom stereocenters. The van der Waals surface area contributed by atoms with Gasteiger partial charge in [-0.2, -0.15) is 0 Å². The van der Waals surface area contributed by atoms with Crippen molar-refractivity contribution in [1.82, 2.24) is 15.0 Å². The summed E-state index contributed by atoms with van der Waals surface area (Å²) in [5.74, 6) is 1.64. The molecule has 44 heavy (non-hydrogen) atoms. The average Bonchev–Trinajstić information content (AvgIpc) is 3.04. The molecule has 1 aromatic carbocycles. The van der Waals surface area contributed by atoms with Gasteiger partial charge in [-0.25, -0.2) is 15.0 Å². The molecule has 0 aliphatic carbocycles. The topological polar surface area (TPSA) is 139 Å². The lowest BCUT2D eigenvalue weighted by molar-refractivity contribution is -0.151. The second-order valence-electron chi connectivity index (χ2n) is 11.5. The number of methoxy groups -OCH3 is 1. The van der Waals surface area contributed by atoms with Gasteiger partial charge in [0.2, 0.25) is 0 Å². The van der Waals surface area contributed by atoms with Gasteiger partial charge in [0, 0.05) is 49.8 Å². The van der Waals surface area contributed by atoms with Crippen LogP contribution in [-0.4, -0.2) is 71.9 Å². The number of pyridine rings is 1. The molecule has 234 valence electrons. The summed E-state index contributed by atoms with van der Waals surface area (Å²) >= 11 is 0. The lowest BCUT2D eigenvalue weighted by atomic mass is 9.92. The summed E-state index contributed by atoms with van der Waals surface area (Å²) in [6.45, 7) is 6.66. The summed E-state index contributed by atoms with van der Waals surface area (Å²) in [4.78, 5) is 41.0. The van der Waals surface area contributed by atoms with Crippen molar-refractivity contribution in [2.75, 3.05) is 55.4 Å². The minimum absolute atomic E-state index is 0.0414. The monoisotopic (exact) mass is 602 g/mol. The number of fused-ring (bicyclic) bond motifs is 1. The number of benzene rings is 1. The first-order valence-corrected chi connectivity index (χ1v) is 15.4. The lowest BCUT2D eigenvalue weighted by Gasteiger charge is -2.34. The number of nitrogens with zero attached hydrogens (tertiary/aromatic N) is 4. The summed E-state index contributed by atoms with van der Waals surface area (Å²) in [6.07, 6.45) is 4.47. The fraction of sp³-hybridized carbons (Fsp3) is 0.485. The van der Waals surface area contributed by atoms with Gasteiger partial charge in [-0.05, 0) is 68.9 Å². The Labute approximate surface area is 258 Å². The first kappa shape index (κ1) is 31.0. The summed E-state index contributed by atoms with van der Waals surface area (Å²) in [5.41, 5.74) is 4.31. The number of aliphatic carboxylic acids is 1. The number of carbonyl (C=O) groups excluding carboxylic acids is 1. The molecule has 3 N–H and O–H groups in total. The number of aryl methyl sites for hydroxylation is 2. The van der Waals surface area contributed by atoms with Gasteiger partial charge in [0.15, 0.2) is 0 Å². The van der Waals surface area contributed by atoms with Crippen LogP contribution in [0.25, 0.3) is 0 Å². The van der Waals surface area contributed by atoms with Crippen LogP contribution in [0.2, 0.25) is 0 Å². The van der Waals surface area contributed by atoms with E-state index in [1.54, 1.807) is 7.11 Å². The van der Waals surface area contributed by atoms with E-state index in [1.165, 1.54) is 5.56 Å². The van der Waals surface area contributed by atoms with E-state index in [2.05, 4.69) is 32.7 Å². The van der Waals surface area contributed by atoms with Crippen LogP contribution in [0.1, 0.15) is 59.8 Å². The SMILES string of the molecule is COc1ccc(CCOC(=O)C[C@@H](CNc2nc(C)nc(N3CCC(c4ccc5c(n4)NCCC5)CC3)c2C)C(=O)O)cc1. The van der Waals surface area contributed by atoms with Crippen molar-refractivity contribution < 1.29 is 24.2 Å². The molecule has 1 fully saturated rings. The van der Waals surface area contributed by atoms with Crippen molar-refractivity contribution in [3.63, 3.8) is 0 Å². The van der Waals surface area contributed by atoms with Crippen molar-refractivity contribution in [2.24, 2.45) is 5.92 Å². The van der Waals surface area contributed by atoms with Crippen molar-refractivity contribution >= 4 is 29.4 Å². The third-order valence-corrected chi connectivity index (χ3v) is 8.45. The molecular weight excluding hydrogens is 560 g/mol. The standard InChI is InChI=1S/C33H42N6O5/c1-21-30(35-20-26(33(41)42)19-29(40)44-18-14-23-6-9-27(43-3)10-7-23)36-22(2)37-32(21)39-16-12-24(13-17-39)28-11-8-25-5-4-15-34-31(25)38-28/h6-11,24,26H,4-5,12-20H2,1-3H3,(H,34,38)(H,41,42)(H,35,36,37)/t26-/m0/s1. The number of aromatic nitrogens is 3. The molecule has 4 heterocycles. The van der Waals surface area contributed by atoms with Crippen LogP contribution in [-0.2, 0) is 27.2 Å². The zero-order chi connectivity index (χ0) is 31.1. The predicted octanol–water partition coefficient (Wildman–Crippen LogP) is 4.53. The van der Waals surface area contributed by atoms with Gasteiger partial charge >= 0.3 is 11.9 Å². The molecule has 2 aliphatic rings. The molecule has 2 aliphatic heterocycles. The molecule has 3 aromatic rings. The van der Waals surface area contributed by atoms with Crippen molar-refractivity contribution in [2.45, 2.75) is 58.3 Å². The Morgan fingerprint density at radius 3 is 2.59 bits per heavy atom. The maximum Gasteiger partial charge on any atom is 0.308 e. The highest BCUT2D eigenvalue weighted by atomic mass is 16.5. The second-order valence-corrected chi connectivity index (χ2v) is 11.5. The van der Waals surface area contributed by atoms with Gasteiger partial charge in [0.05, 0.1) is 26.1 Å². The van der Waals surface area contributed by atoms with Crippen molar-refractivity contribution in [3.8, 4) is 5.75 Å². The molecule has 11 heteroatoms. The van der Waals surface area contributed by atoms with Crippen LogP contribution in [0.3, 0.4) is 0 Å². The maximum absolute atomic E-state index is 12.5. The smallest absolute Gasteiger partial charge is 0.308 e. The molecule has 2 aromatic heterocycles. The van der Waals surface area contributed by atoms with Crippen molar-refractivity contribution in [3.05, 3.63) is 64.6 Å². The lowest BCUT2D eigenvalue weighted by Crippen LogP contribution is -2.35. The number of hydrogen-bond acceptors (Lipinski definition) is 10. The summed E-state index contributed by atoms with van der Waals surface area (Å²) in [7, 11) is 1.60. The summed E-state index contributed by atoms with van der Waals surface area (Å²) < 4.78 is 10.5. The van der Waals surface area contributed by atoms with Crippen LogP contribution < -0.4 is 20.3 Å². The van der Waals surface area contributed by atoms with E-state index >= 15 is 0 Å². The summed E-state index contributed by atoms with van der Waals surface area (Å²) in [6, 6.07) is 11.9. The number of carboxylic acids is 1. The Hall–Kier alpha value is -4.41. The molecule has 5 rings (SSSR count). The van der Waals surface area contributed by atoms with Gasteiger partial charge in [0.25, 0.3) is 0 Å². The Morgan fingerprint density at radius 1 is 1.09 bits per heavy atom. The van der Waals surface area contributed by atoms with Crippen LogP contribution in [0.4, 0.5) is 17.5 Å². The van der Waals surface area contributed by atoms with Crippen LogP contribution in [0, 0.1) is 19.8 Å². The Balaban J connectivity index is 1.14. The van der Waals surface area contributed by atoms with Gasteiger partial charge < -0.3 is 30.1 Å². The van der Waals surface area contributed by atoms with Gasteiger partial charge in [-0.1, -0.05) is 18.2 Å². The number of carbonyl (C=O) groups is 2. The fourth-order valence-electron chi connectivity index (χ4n) is 5.85. The van der Waals surface area contributed by atoms with E-state index in [0.29, 0.717) is 24.0 Å². The number of ether oxygens (including phenoxy) is 2. The highest BCUT2D eigenvalue weighted by Gasteiger charge is 2.27. The van der Waals surface area contributed by atoms with Crippen LogP contribution in [0.15, 0.2) is 36.4 Å². The van der Waals surface area contributed by atoms with E-state index < -0.39 is 17.9 Å². The average molecular weight is 603 g/mol. The van der Waals surface area contributed by atoms with E-state index in [-0.39, 0.29) is 19.6 Å². The molecule has 0 saturated carbocycles. The number of rotatable bonds is 12. The van der Waals surface area contributed by atoms with E-state index in [9.17, 15) is 14.7 Å². The molecule has 0 amide bonds. The first-order valence-electron chi connectivity index (χ1n) is 15.4. The molecular formula is C33H42N6O5. The Bertz CT molecular complexity index is 1460. The zero-order valence-electron chi connectivity index (χ0n) is 25.8. The van der Waals surface area contributed by atoms with Gasteiger partial charge in [-0.15, -0.1) is 0 Å². The van der Waals surface area contributed by atoms with Crippen molar-refractivity contribution in [1.29, 1.82) is 0 Å². The maximum atomic E-state index is 12.5. The third kappa shape index (κ3) is 7.75.